The van der Waals surface area contributed by atoms with Crippen LogP contribution < -0.4 is 10.5 Å². The van der Waals surface area contributed by atoms with Gasteiger partial charge in [-0.1, -0.05) is 36.4 Å². The van der Waals surface area contributed by atoms with E-state index < -0.39 is 0 Å². The van der Waals surface area contributed by atoms with E-state index in [1.165, 1.54) is 22.5 Å². The number of hydrogen-bond acceptors (Lipinski definition) is 4. The quantitative estimate of drug-likeness (QED) is 0.781. The number of nitrogens with two attached hydrogens (primary N) is 1. The van der Waals surface area contributed by atoms with Crippen molar-refractivity contribution in [2.24, 2.45) is 0 Å². The molecule has 0 saturated heterocycles. The summed E-state index contributed by atoms with van der Waals surface area (Å²) < 4.78 is 5.99. The number of aryl methyl sites for hydroxylation is 1. The van der Waals surface area contributed by atoms with Gasteiger partial charge in [0.2, 0.25) is 0 Å². The zero-order valence-corrected chi connectivity index (χ0v) is 12.6. The first-order valence-electron chi connectivity index (χ1n) is 6.72. The van der Waals surface area contributed by atoms with Gasteiger partial charge in [0.05, 0.1) is 5.69 Å². The highest BCUT2D eigenvalue weighted by molar-refractivity contribution is 7.13. The number of thiazole rings is 1. The van der Waals surface area contributed by atoms with Crippen molar-refractivity contribution in [3.8, 4) is 17.0 Å². The van der Waals surface area contributed by atoms with E-state index in [0.717, 1.165) is 17.0 Å². The maximum Gasteiger partial charge on any atom is 0.180 e. The van der Waals surface area contributed by atoms with Gasteiger partial charge >= 0.3 is 0 Å². The van der Waals surface area contributed by atoms with Crippen LogP contribution in [0.2, 0.25) is 0 Å². The molecule has 1 aromatic heterocycles. The molecule has 0 atom stereocenters. The summed E-state index contributed by atoms with van der Waals surface area (Å²) in [6, 6.07) is 16.1. The smallest absolute Gasteiger partial charge is 0.180 e. The first-order valence-corrected chi connectivity index (χ1v) is 7.60. The van der Waals surface area contributed by atoms with Crippen molar-refractivity contribution in [2.45, 2.75) is 13.5 Å². The van der Waals surface area contributed by atoms with Crippen LogP contribution in [0.15, 0.2) is 53.9 Å². The maximum atomic E-state index is 5.99. The van der Waals surface area contributed by atoms with Gasteiger partial charge in [0.15, 0.2) is 5.13 Å². The number of nitrogens with zero attached hydrogens (tertiary/aromatic N) is 1. The van der Waals surface area contributed by atoms with Gasteiger partial charge in [0.1, 0.15) is 12.4 Å². The molecule has 2 aromatic carbocycles. The van der Waals surface area contributed by atoms with Crippen LogP contribution in [-0.4, -0.2) is 4.98 Å². The average molecular weight is 296 g/mol. The van der Waals surface area contributed by atoms with Crippen LogP contribution in [0.25, 0.3) is 11.3 Å². The summed E-state index contributed by atoms with van der Waals surface area (Å²) >= 11 is 1.44. The predicted octanol–water partition coefficient (Wildman–Crippen LogP) is 4.28. The van der Waals surface area contributed by atoms with E-state index in [0.29, 0.717) is 11.7 Å². The number of para-hydroxylation sites is 1. The standard InChI is InChI=1S/C17H16N2OS/c1-12-6-2-3-7-13(12)10-20-16-9-5-4-8-14(16)15-11-21-17(18)19-15/h2-9,11H,10H2,1H3,(H2,18,19). The van der Waals surface area contributed by atoms with Gasteiger partial charge in [-0.05, 0) is 30.2 Å². The summed E-state index contributed by atoms with van der Waals surface area (Å²) in [6.07, 6.45) is 0. The molecule has 0 radical (unpaired) electrons. The summed E-state index contributed by atoms with van der Waals surface area (Å²) in [5.41, 5.74) is 9.96. The lowest BCUT2D eigenvalue weighted by atomic mass is 10.1. The molecule has 0 fully saturated rings. The molecule has 4 heteroatoms. The van der Waals surface area contributed by atoms with Crippen molar-refractivity contribution in [3.05, 3.63) is 65.0 Å². The zero-order chi connectivity index (χ0) is 14.7. The van der Waals surface area contributed by atoms with Gasteiger partial charge in [-0.2, -0.15) is 0 Å². The van der Waals surface area contributed by atoms with Gasteiger partial charge in [-0.15, -0.1) is 11.3 Å². The molecule has 0 aliphatic heterocycles. The summed E-state index contributed by atoms with van der Waals surface area (Å²) in [5, 5.41) is 2.52. The van der Waals surface area contributed by atoms with Crippen LogP contribution in [0.1, 0.15) is 11.1 Å². The van der Waals surface area contributed by atoms with E-state index in [-0.39, 0.29) is 0 Å². The second-order valence-corrected chi connectivity index (χ2v) is 5.67. The van der Waals surface area contributed by atoms with Gasteiger partial charge < -0.3 is 10.5 Å². The Kier molecular flexibility index (Phi) is 3.88. The summed E-state index contributed by atoms with van der Waals surface area (Å²) in [5.74, 6) is 0.825. The van der Waals surface area contributed by atoms with E-state index in [9.17, 15) is 0 Å². The Labute approximate surface area is 128 Å². The lowest BCUT2D eigenvalue weighted by Gasteiger charge is -2.11. The fourth-order valence-electron chi connectivity index (χ4n) is 2.14. The highest BCUT2D eigenvalue weighted by atomic mass is 32.1. The highest BCUT2D eigenvalue weighted by Crippen LogP contribution is 2.31. The van der Waals surface area contributed by atoms with E-state index in [1.54, 1.807) is 0 Å². The molecule has 0 spiro atoms. The Morgan fingerprint density at radius 1 is 1.10 bits per heavy atom. The zero-order valence-electron chi connectivity index (χ0n) is 11.7. The molecule has 0 bridgehead atoms. The monoisotopic (exact) mass is 296 g/mol. The highest BCUT2D eigenvalue weighted by Gasteiger charge is 2.09. The molecular weight excluding hydrogens is 280 g/mol. The van der Waals surface area contributed by atoms with Crippen LogP contribution in [0, 0.1) is 6.92 Å². The van der Waals surface area contributed by atoms with Crippen molar-refractivity contribution < 1.29 is 4.74 Å². The minimum Gasteiger partial charge on any atom is -0.488 e. The van der Waals surface area contributed by atoms with Gasteiger partial charge in [-0.3, -0.25) is 0 Å². The van der Waals surface area contributed by atoms with Crippen LogP contribution in [0.5, 0.6) is 5.75 Å². The number of benzene rings is 2. The van der Waals surface area contributed by atoms with Crippen LogP contribution in [-0.2, 0) is 6.61 Å². The third kappa shape index (κ3) is 3.06. The largest absolute Gasteiger partial charge is 0.488 e. The molecule has 3 aromatic rings. The number of rotatable bonds is 4. The molecule has 0 aliphatic rings. The minimum atomic E-state index is 0.545. The van der Waals surface area contributed by atoms with Crippen molar-refractivity contribution >= 4 is 16.5 Å². The third-order valence-electron chi connectivity index (χ3n) is 3.33. The molecule has 3 nitrogen and oxygen atoms in total. The number of ether oxygens (including phenoxy) is 1. The van der Waals surface area contributed by atoms with Crippen molar-refractivity contribution in [3.63, 3.8) is 0 Å². The Bertz CT molecular complexity index is 752. The number of nitrogen functional groups attached to an aromatic ring is 1. The molecular formula is C17H16N2OS. The molecule has 0 unspecified atom stereocenters. The Balaban J connectivity index is 1.85. The second kappa shape index (κ2) is 5.97. The Hall–Kier alpha value is -2.33. The summed E-state index contributed by atoms with van der Waals surface area (Å²) in [6.45, 7) is 2.63. The second-order valence-electron chi connectivity index (χ2n) is 4.78. The maximum absolute atomic E-state index is 5.99. The number of anilines is 1. The molecule has 1 heterocycles. The molecule has 2 N–H and O–H groups in total. The number of hydrogen-bond donors (Lipinski definition) is 1. The Morgan fingerprint density at radius 2 is 1.86 bits per heavy atom. The minimum absolute atomic E-state index is 0.545. The van der Waals surface area contributed by atoms with E-state index >= 15 is 0 Å². The fourth-order valence-corrected chi connectivity index (χ4v) is 2.71. The first-order chi connectivity index (χ1) is 10.2. The lowest BCUT2D eigenvalue weighted by Crippen LogP contribution is -1.99. The normalized spacial score (nSPS) is 10.5. The Morgan fingerprint density at radius 3 is 2.62 bits per heavy atom. The van der Waals surface area contributed by atoms with Crippen molar-refractivity contribution in [1.82, 2.24) is 4.98 Å². The molecule has 21 heavy (non-hydrogen) atoms. The summed E-state index contributed by atoms with van der Waals surface area (Å²) in [4.78, 5) is 4.33. The molecule has 0 saturated carbocycles. The van der Waals surface area contributed by atoms with E-state index in [1.807, 2.05) is 41.8 Å². The van der Waals surface area contributed by atoms with Crippen LogP contribution in [0.4, 0.5) is 5.13 Å². The molecule has 3 rings (SSSR count). The first kappa shape index (κ1) is 13.6. The van der Waals surface area contributed by atoms with Crippen LogP contribution >= 0.6 is 11.3 Å². The lowest BCUT2D eigenvalue weighted by molar-refractivity contribution is 0.306. The molecule has 0 aliphatic carbocycles. The fraction of sp³-hybridized carbons (Fsp3) is 0.118. The van der Waals surface area contributed by atoms with Crippen molar-refractivity contribution in [1.29, 1.82) is 0 Å². The predicted molar refractivity (Wildman–Crippen MR) is 87.5 cm³/mol. The van der Waals surface area contributed by atoms with Gasteiger partial charge in [-0.25, -0.2) is 4.98 Å². The molecule has 106 valence electrons. The van der Waals surface area contributed by atoms with Crippen molar-refractivity contribution in [2.75, 3.05) is 5.73 Å². The third-order valence-corrected chi connectivity index (χ3v) is 4.00. The molecule has 0 amide bonds. The van der Waals surface area contributed by atoms with Gasteiger partial charge in [0, 0.05) is 10.9 Å². The van der Waals surface area contributed by atoms with E-state index in [4.69, 9.17) is 10.5 Å². The topological polar surface area (TPSA) is 48.1 Å². The van der Waals surface area contributed by atoms with Crippen LogP contribution in [0.3, 0.4) is 0 Å². The summed E-state index contributed by atoms with van der Waals surface area (Å²) in [7, 11) is 0. The van der Waals surface area contributed by atoms with E-state index in [2.05, 4.69) is 24.0 Å². The average Bonchev–Trinajstić information content (AvgIpc) is 2.93. The SMILES string of the molecule is Cc1ccccc1COc1ccccc1-c1csc(N)n1. The van der Waals surface area contributed by atoms with Gasteiger partial charge in [0.25, 0.3) is 0 Å². The number of aromatic nitrogens is 1.